The van der Waals surface area contributed by atoms with Crippen molar-refractivity contribution >= 4 is 33.2 Å². The largest absolute Gasteiger partial charge is 0.465 e. The molecule has 0 radical (unpaired) electrons. The van der Waals surface area contributed by atoms with Crippen LogP contribution >= 0.6 is 11.3 Å². The van der Waals surface area contributed by atoms with Crippen LogP contribution in [0.3, 0.4) is 0 Å². The monoisotopic (exact) mass is 222 g/mol. The van der Waals surface area contributed by atoms with Crippen molar-refractivity contribution in [3.8, 4) is 0 Å². The van der Waals surface area contributed by atoms with Crippen LogP contribution in [0.25, 0.3) is 10.1 Å². The minimum Gasteiger partial charge on any atom is -0.465 e. The average Bonchev–Trinajstić information content (AvgIpc) is 2.62. The average molecular weight is 222 g/mol. The molecule has 2 rings (SSSR count). The van der Waals surface area contributed by atoms with Gasteiger partial charge in [0.2, 0.25) is 0 Å². The molecule has 0 fully saturated rings. The van der Waals surface area contributed by atoms with E-state index in [-0.39, 0.29) is 5.97 Å². The second-order valence-electron chi connectivity index (χ2n) is 3.17. The van der Waals surface area contributed by atoms with Gasteiger partial charge in [-0.1, -0.05) is 0 Å². The molecule has 0 aliphatic rings. The zero-order valence-corrected chi connectivity index (χ0v) is 9.22. The molecule has 2 aromatic rings. The number of ether oxygens (including phenoxy) is 1. The number of hydrogen-bond donors (Lipinski definition) is 1. The number of hydrogen-bond acceptors (Lipinski definition) is 5. The van der Waals surface area contributed by atoms with Gasteiger partial charge >= 0.3 is 5.97 Å². The van der Waals surface area contributed by atoms with E-state index in [1.165, 1.54) is 24.6 Å². The number of pyridine rings is 1. The van der Waals surface area contributed by atoms with E-state index in [0.717, 1.165) is 15.6 Å². The lowest BCUT2D eigenvalue weighted by molar-refractivity contribution is 0.0602. The Morgan fingerprint density at radius 2 is 2.33 bits per heavy atom. The SMILES string of the molecule is COC(=O)c1cnc(N)c2scc(C)c12. The van der Waals surface area contributed by atoms with Crippen LogP contribution in [0.5, 0.6) is 0 Å². The number of carbonyl (C=O) groups is 1. The minimum absolute atomic E-state index is 0.381. The third-order valence-corrected chi connectivity index (χ3v) is 3.34. The Morgan fingerprint density at radius 1 is 1.60 bits per heavy atom. The molecule has 0 saturated heterocycles. The fourth-order valence-electron chi connectivity index (χ4n) is 1.49. The van der Waals surface area contributed by atoms with E-state index in [9.17, 15) is 4.79 Å². The number of nitrogens with two attached hydrogens (primary N) is 1. The highest BCUT2D eigenvalue weighted by Gasteiger charge is 2.15. The number of esters is 1. The number of nitrogen functional groups attached to an aromatic ring is 1. The molecule has 0 amide bonds. The fourth-order valence-corrected chi connectivity index (χ4v) is 2.46. The zero-order valence-electron chi connectivity index (χ0n) is 8.40. The first-order valence-corrected chi connectivity index (χ1v) is 5.23. The van der Waals surface area contributed by atoms with Crippen molar-refractivity contribution in [3.05, 3.63) is 22.7 Å². The number of thiophene rings is 1. The fraction of sp³-hybridized carbons (Fsp3) is 0.200. The van der Waals surface area contributed by atoms with Gasteiger partial charge in [0, 0.05) is 11.6 Å². The highest BCUT2D eigenvalue weighted by molar-refractivity contribution is 7.18. The van der Waals surface area contributed by atoms with Crippen LogP contribution in [-0.2, 0) is 4.74 Å². The molecule has 0 aliphatic carbocycles. The molecule has 0 spiro atoms. The number of rotatable bonds is 1. The first kappa shape index (κ1) is 9.92. The number of anilines is 1. The van der Waals surface area contributed by atoms with Gasteiger partial charge in [-0.3, -0.25) is 0 Å². The molecule has 78 valence electrons. The summed E-state index contributed by atoms with van der Waals surface area (Å²) in [5.74, 6) is 0.0738. The van der Waals surface area contributed by atoms with Gasteiger partial charge in [-0.15, -0.1) is 11.3 Å². The normalized spacial score (nSPS) is 10.5. The van der Waals surface area contributed by atoms with E-state index in [1.54, 1.807) is 0 Å². The molecule has 2 aromatic heterocycles. The summed E-state index contributed by atoms with van der Waals surface area (Å²) in [5.41, 5.74) is 7.22. The van der Waals surface area contributed by atoms with Crippen molar-refractivity contribution < 1.29 is 9.53 Å². The molecule has 0 bridgehead atoms. The van der Waals surface area contributed by atoms with Crippen LogP contribution in [0, 0.1) is 6.92 Å². The summed E-state index contributed by atoms with van der Waals surface area (Å²) in [5, 5.41) is 2.80. The van der Waals surface area contributed by atoms with Gasteiger partial charge in [0.1, 0.15) is 5.82 Å². The molecule has 0 aliphatic heterocycles. The Hall–Kier alpha value is -1.62. The summed E-state index contributed by atoms with van der Waals surface area (Å²) in [4.78, 5) is 15.5. The highest BCUT2D eigenvalue weighted by atomic mass is 32.1. The third-order valence-electron chi connectivity index (χ3n) is 2.21. The third kappa shape index (κ3) is 1.45. The molecule has 0 saturated carbocycles. The first-order valence-electron chi connectivity index (χ1n) is 4.35. The second-order valence-corrected chi connectivity index (χ2v) is 4.05. The lowest BCUT2D eigenvalue weighted by Crippen LogP contribution is -2.04. The zero-order chi connectivity index (χ0) is 11.0. The summed E-state index contributed by atoms with van der Waals surface area (Å²) < 4.78 is 5.54. The maximum Gasteiger partial charge on any atom is 0.340 e. The predicted octanol–water partition coefficient (Wildman–Crippen LogP) is 1.97. The van der Waals surface area contributed by atoms with E-state index in [1.807, 2.05) is 12.3 Å². The topological polar surface area (TPSA) is 65.2 Å². The number of aryl methyl sites for hydroxylation is 1. The number of nitrogens with zero attached hydrogens (tertiary/aromatic N) is 1. The van der Waals surface area contributed by atoms with Crippen LogP contribution in [0.1, 0.15) is 15.9 Å². The van der Waals surface area contributed by atoms with Gasteiger partial charge < -0.3 is 10.5 Å². The molecular weight excluding hydrogens is 212 g/mol. The van der Waals surface area contributed by atoms with Crippen molar-refractivity contribution in [3.63, 3.8) is 0 Å². The van der Waals surface area contributed by atoms with E-state index in [4.69, 9.17) is 10.5 Å². The van der Waals surface area contributed by atoms with Crippen molar-refractivity contribution in [1.82, 2.24) is 4.98 Å². The van der Waals surface area contributed by atoms with Gasteiger partial charge in [0.25, 0.3) is 0 Å². The molecule has 5 heteroatoms. The van der Waals surface area contributed by atoms with Crippen molar-refractivity contribution in [2.24, 2.45) is 0 Å². The summed E-state index contributed by atoms with van der Waals surface area (Å²) >= 11 is 1.49. The molecule has 15 heavy (non-hydrogen) atoms. The molecule has 4 nitrogen and oxygen atoms in total. The molecule has 0 unspecified atom stereocenters. The maximum absolute atomic E-state index is 11.5. The summed E-state index contributed by atoms with van der Waals surface area (Å²) in [6, 6.07) is 0. The Kier molecular flexibility index (Phi) is 2.32. The minimum atomic E-state index is -0.381. The highest BCUT2D eigenvalue weighted by Crippen LogP contribution is 2.31. The Labute approximate surface area is 90.7 Å². The number of fused-ring (bicyclic) bond motifs is 1. The molecule has 0 aromatic carbocycles. The van der Waals surface area contributed by atoms with E-state index >= 15 is 0 Å². The lowest BCUT2D eigenvalue weighted by Gasteiger charge is -2.03. The lowest BCUT2D eigenvalue weighted by atomic mass is 10.1. The maximum atomic E-state index is 11.5. The van der Waals surface area contributed by atoms with Gasteiger partial charge in [-0.2, -0.15) is 0 Å². The van der Waals surface area contributed by atoms with Gasteiger partial charge in [-0.05, 0) is 17.9 Å². The van der Waals surface area contributed by atoms with E-state index in [0.29, 0.717) is 11.4 Å². The summed E-state index contributed by atoms with van der Waals surface area (Å²) in [7, 11) is 1.35. The second kappa shape index (κ2) is 3.51. The standard InChI is InChI=1S/C10H10N2O2S/c1-5-4-15-8-7(5)6(10(13)14-2)3-12-9(8)11/h3-4H,1-2H3,(H2,11,12). The molecule has 2 N–H and O–H groups in total. The van der Waals surface area contributed by atoms with Gasteiger partial charge in [0.15, 0.2) is 0 Å². The Bertz CT molecular complexity index is 533. The summed E-state index contributed by atoms with van der Waals surface area (Å²) in [6.07, 6.45) is 1.46. The summed E-state index contributed by atoms with van der Waals surface area (Å²) in [6.45, 7) is 1.94. The number of aromatic nitrogens is 1. The van der Waals surface area contributed by atoms with Crippen molar-refractivity contribution in [2.45, 2.75) is 6.92 Å². The first-order chi connectivity index (χ1) is 7.15. The Morgan fingerprint density at radius 3 is 3.00 bits per heavy atom. The quantitative estimate of drug-likeness (QED) is 0.749. The van der Waals surface area contributed by atoms with Gasteiger partial charge in [0.05, 0.1) is 17.4 Å². The van der Waals surface area contributed by atoms with Crippen molar-refractivity contribution in [2.75, 3.05) is 12.8 Å². The molecular formula is C10H10N2O2S. The van der Waals surface area contributed by atoms with Gasteiger partial charge in [-0.25, -0.2) is 9.78 Å². The van der Waals surface area contributed by atoms with Crippen LogP contribution in [0.15, 0.2) is 11.6 Å². The number of carbonyl (C=O) groups excluding carboxylic acids is 1. The van der Waals surface area contributed by atoms with Crippen molar-refractivity contribution in [1.29, 1.82) is 0 Å². The van der Waals surface area contributed by atoms with Crippen LogP contribution in [0.4, 0.5) is 5.82 Å². The Balaban J connectivity index is 2.81. The molecule has 0 atom stereocenters. The van der Waals surface area contributed by atoms with Crippen LogP contribution in [0.2, 0.25) is 0 Å². The van der Waals surface area contributed by atoms with E-state index < -0.39 is 0 Å². The smallest absolute Gasteiger partial charge is 0.340 e. The number of methoxy groups -OCH3 is 1. The molecule has 2 heterocycles. The predicted molar refractivity (Wildman–Crippen MR) is 60.1 cm³/mol. The van der Waals surface area contributed by atoms with Crippen LogP contribution < -0.4 is 5.73 Å². The van der Waals surface area contributed by atoms with Crippen LogP contribution in [-0.4, -0.2) is 18.1 Å². The van der Waals surface area contributed by atoms with E-state index in [2.05, 4.69) is 4.98 Å².